The molecule has 1 aliphatic heterocycles. The molecule has 0 amide bonds. The molecule has 0 aliphatic carbocycles. The smallest absolute Gasteiger partial charge is 0.142 e. The zero-order valence-electron chi connectivity index (χ0n) is 10.6. The largest absolute Gasteiger partial charge is 0.492 e. The maximum Gasteiger partial charge on any atom is 0.142 e. The molecule has 0 bridgehead atoms. The maximum absolute atomic E-state index is 5.99. The van der Waals surface area contributed by atoms with Crippen molar-refractivity contribution in [2.45, 2.75) is 19.3 Å². The number of hydrogen-bond acceptors (Lipinski definition) is 4. The highest BCUT2D eigenvalue weighted by atomic mass is 127. The van der Waals surface area contributed by atoms with E-state index >= 15 is 0 Å². The summed E-state index contributed by atoms with van der Waals surface area (Å²) in [6.07, 6.45) is 0.854. The summed E-state index contributed by atoms with van der Waals surface area (Å²) >= 11 is 2.20. The summed E-state index contributed by atoms with van der Waals surface area (Å²) in [7, 11) is 0. The van der Waals surface area contributed by atoms with Crippen molar-refractivity contribution in [3.63, 3.8) is 0 Å². The molecule has 1 aromatic heterocycles. The highest BCUT2D eigenvalue weighted by Gasteiger charge is 2.28. The molecule has 2 heterocycles. The number of hydrogen-bond donors (Lipinski definition) is 1. The number of fused-ring (bicyclic) bond motifs is 1. The van der Waals surface area contributed by atoms with E-state index in [1.54, 1.807) is 0 Å². The Bertz CT molecular complexity index is 630. The van der Waals surface area contributed by atoms with Gasteiger partial charge in [-0.3, -0.25) is 0 Å². The number of anilines is 1. The third-order valence-corrected chi connectivity index (χ3v) is 4.48. The van der Waals surface area contributed by atoms with E-state index in [-0.39, 0.29) is 5.92 Å². The first-order valence-electron chi connectivity index (χ1n) is 6.24. The Morgan fingerprint density at radius 1 is 1.37 bits per heavy atom. The third kappa shape index (κ3) is 2.16. The monoisotopic (exact) mass is 367 g/mol. The fraction of sp³-hybridized carbons (Fsp3) is 0.286. The van der Waals surface area contributed by atoms with Gasteiger partial charge >= 0.3 is 0 Å². The summed E-state index contributed by atoms with van der Waals surface area (Å²) in [5, 5.41) is 0. The lowest BCUT2D eigenvalue weighted by atomic mass is 10.0. The Labute approximate surface area is 125 Å². The van der Waals surface area contributed by atoms with Crippen LogP contribution in [0.3, 0.4) is 0 Å². The van der Waals surface area contributed by atoms with Gasteiger partial charge in [-0.15, -0.1) is 0 Å². The number of ether oxygens (including phenoxy) is 1. The van der Waals surface area contributed by atoms with E-state index in [0.717, 1.165) is 32.8 Å². The van der Waals surface area contributed by atoms with Gasteiger partial charge in [0, 0.05) is 5.56 Å². The third-order valence-electron chi connectivity index (χ3n) is 3.31. The molecule has 5 heteroatoms. The quantitative estimate of drug-likeness (QED) is 0.830. The van der Waals surface area contributed by atoms with E-state index in [1.807, 2.05) is 18.2 Å². The van der Waals surface area contributed by atoms with Crippen LogP contribution in [0.15, 0.2) is 24.3 Å². The van der Waals surface area contributed by atoms with Crippen LogP contribution in [0.2, 0.25) is 0 Å². The number of nitrogens with zero attached hydrogens (tertiary/aromatic N) is 2. The van der Waals surface area contributed by atoms with Gasteiger partial charge in [0.15, 0.2) is 0 Å². The molecule has 1 aromatic carbocycles. The molecule has 0 fully saturated rings. The van der Waals surface area contributed by atoms with E-state index in [1.165, 1.54) is 0 Å². The summed E-state index contributed by atoms with van der Waals surface area (Å²) in [6.45, 7) is 2.66. The van der Waals surface area contributed by atoms with Gasteiger partial charge < -0.3 is 10.5 Å². The predicted molar refractivity (Wildman–Crippen MR) is 82.3 cm³/mol. The first kappa shape index (κ1) is 12.7. The van der Waals surface area contributed by atoms with E-state index in [9.17, 15) is 0 Å². The maximum atomic E-state index is 5.99. The molecule has 98 valence electrons. The molecular weight excluding hydrogens is 353 g/mol. The van der Waals surface area contributed by atoms with Gasteiger partial charge in [0.05, 0.1) is 15.2 Å². The fourth-order valence-corrected chi connectivity index (χ4v) is 2.92. The Morgan fingerprint density at radius 2 is 2.16 bits per heavy atom. The zero-order valence-corrected chi connectivity index (χ0v) is 12.7. The highest BCUT2D eigenvalue weighted by Crippen LogP contribution is 2.37. The number of aromatic nitrogens is 2. The average molecular weight is 367 g/mol. The van der Waals surface area contributed by atoms with Gasteiger partial charge in [-0.05, 0) is 35.1 Å². The van der Waals surface area contributed by atoms with Crippen LogP contribution in [0.25, 0.3) is 0 Å². The zero-order chi connectivity index (χ0) is 13.4. The van der Waals surface area contributed by atoms with Crippen LogP contribution in [-0.2, 0) is 6.42 Å². The minimum atomic E-state index is 0.0841. The lowest BCUT2D eigenvalue weighted by Crippen LogP contribution is -2.12. The SMILES string of the molecule is CCc1nc(C2COc3ccccc32)nc(N)c1I. The number of nitrogen functional groups attached to an aromatic ring is 1. The van der Waals surface area contributed by atoms with E-state index in [2.05, 4.69) is 45.5 Å². The Hall–Kier alpha value is -1.37. The minimum Gasteiger partial charge on any atom is -0.492 e. The van der Waals surface area contributed by atoms with Crippen LogP contribution in [0.1, 0.15) is 29.9 Å². The lowest BCUT2D eigenvalue weighted by molar-refractivity contribution is 0.339. The van der Waals surface area contributed by atoms with Crippen molar-refractivity contribution in [1.29, 1.82) is 0 Å². The normalized spacial score (nSPS) is 17.1. The van der Waals surface area contributed by atoms with Crippen molar-refractivity contribution in [3.05, 3.63) is 44.9 Å². The fourth-order valence-electron chi connectivity index (χ4n) is 2.30. The highest BCUT2D eigenvalue weighted by molar-refractivity contribution is 14.1. The van der Waals surface area contributed by atoms with Crippen LogP contribution < -0.4 is 10.5 Å². The number of benzene rings is 1. The Balaban J connectivity index is 2.07. The molecule has 1 unspecified atom stereocenters. The van der Waals surface area contributed by atoms with Crippen molar-refractivity contribution in [3.8, 4) is 5.75 Å². The molecule has 4 nitrogen and oxygen atoms in total. The molecule has 0 radical (unpaired) electrons. The van der Waals surface area contributed by atoms with Crippen LogP contribution in [-0.4, -0.2) is 16.6 Å². The molecule has 0 spiro atoms. The number of aryl methyl sites for hydroxylation is 1. The van der Waals surface area contributed by atoms with E-state index in [4.69, 9.17) is 10.5 Å². The summed E-state index contributed by atoms with van der Waals surface area (Å²) in [5.41, 5.74) is 8.14. The van der Waals surface area contributed by atoms with Crippen LogP contribution in [0.4, 0.5) is 5.82 Å². The second kappa shape index (κ2) is 4.96. The summed E-state index contributed by atoms with van der Waals surface area (Å²) < 4.78 is 6.64. The predicted octanol–water partition coefficient (Wildman–Crippen LogP) is 2.75. The van der Waals surface area contributed by atoms with Gasteiger partial charge in [-0.25, -0.2) is 9.97 Å². The van der Waals surface area contributed by atoms with Gasteiger partial charge in [0.25, 0.3) is 0 Å². The van der Waals surface area contributed by atoms with Gasteiger partial charge in [0.1, 0.15) is 24.0 Å². The number of para-hydroxylation sites is 1. The van der Waals surface area contributed by atoms with E-state index < -0.39 is 0 Å². The van der Waals surface area contributed by atoms with Crippen molar-refractivity contribution in [1.82, 2.24) is 9.97 Å². The van der Waals surface area contributed by atoms with Crippen molar-refractivity contribution in [2.75, 3.05) is 12.3 Å². The molecule has 0 saturated carbocycles. The van der Waals surface area contributed by atoms with Crippen LogP contribution >= 0.6 is 22.6 Å². The lowest BCUT2D eigenvalue weighted by Gasteiger charge is -2.11. The first-order valence-corrected chi connectivity index (χ1v) is 7.32. The van der Waals surface area contributed by atoms with Crippen molar-refractivity contribution < 1.29 is 4.74 Å². The minimum absolute atomic E-state index is 0.0841. The molecule has 2 N–H and O–H groups in total. The van der Waals surface area contributed by atoms with Crippen molar-refractivity contribution >= 4 is 28.4 Å². The Kier molecular flexibility index (Phi) is 3.30. The van der Waals surface area contributed by atoms with Gasteiger partial charge in [0.2, 0.25) is 0 Å². The summed E-state index contributed by atoms with van der Waals surface area (Å²) in [4.78, 5) is 9.10. The summed E-state index contributed by atoms with van der Waals surface area (Å²) in [5.74, 6) is 2.33. The topological polar surface area (TPSA) is 61.0 Å². The number of rotatable bonds is 2. The first-order chi connectivity index (χ1) is 9.20. The van der Waals surface area contributed by atoms with Gasteiger partial charge in [-0.1, -0.05) is 25.1 Å². The molecule has 3 rings (SSSR count). The second-order valence-corrected chi connectivity index (χ2v) is 5.56. The van der Waals surface area contributed by atoms with Crippen LogP contribution in [0.5, 0.6) is 5.75 Å². The second-order valence-electron chi connectivity index (χ2n) is 4.48. The molecular formula is C14H14IN3O. The number of nitrogens with two attached hydrogens (primary N) is 1. The molecule has 1 atom stereocenters. The summed E-state index contributed by atoms with van der Waals surface area (Å²) in [6, 6.07) is 8.03. The van der Waals surface area contributed by atoms with Gasteiger partial charge in [-0.2, -0.15) is 0 Å². The van der Waals surface area contributed by atoms with Crippen LogP contribution in [0, 0.1) is 3.57 Å². The average Bonchev–Trinajstić information content (AvgIpc) is 2.85. The van der Waals surface area contributed by atoms with E-state index in [0.29, 0.717) is 12.4 Å². The molecule has 0 saturated heterocycles. The van der Waals surface area contributed by atoms with Crippen molar-refractivity contribution in [2.24, 2.45) is 0 Å². The molecule has 1 aliphatic rings. The molecule has 2 aromatic rings. The number of halogens is 1. The standard InChI is InChI=1S/C14H14IN3O/c1-2-10-12(15)13(16)18-14(17-10)9-7-19-11-6-4-3-5-8(9)11/h3-6,9H,2,7H2,1H3,(H2,16,17,18). The molecule has 19 heavy (non-hydrogen) atoms. The Morgan fingerprint density at radius 3 is 2.95 bits per heavy atom.